The highest BCUT2D eigenvalue weighted by Crippen LogP contribution is 2.15. The largest absolute Gasteiger partial charge is 0.341 e. The molecule has 0 radical (unpaired) electrons. The zero-order valence-corrected chi connectivity index (χ0v) is 11.4. The van der Waals surface area contributed by atoms with Gasteiger partial charge >= 0.3 is 0 Å². The normalized spacial score (nSPS) is 13.0. The Morgan fingerprint density at radius 2 is 2.06 bits per heavy atom. The Balaban J connectivity index is 1.86. The molecule has 1 heterocycles. The molecule has 3 heteroatoms. The van der Waals surface area contributed by atoms with Crippen molar-refractivity contribution in [3.8, 4) is 0 Å². The van der Waals surface area contributed by atoms with Crippen molar-refractivity contribution in [3.05, 3.63) is 30.1 Å². The summed E-state index contributed by atoms with van der Waals surface area (Å²) in [4.78, 5) is 7.98. The lowest BCUT2D eigenvalue weighted by Gasteiger charge is -2.10. The van der Waals surface area contributed by atoms with Crippen LogP contribution < -0.4 is 5.32 Å². The first-order chi connectivity index (χ1) is 8.81. The first-order valence-corrected chi connectivity index (χ1v) is 6.99. The molecule has 2 N–H and O–H groups in total. The first-order valence-electron chi connectivity index (χ1n) is 6.99. The van der Waals surface area contributed by atoms with Gasteiger partial charge in [0.25, 0.3) is 0 Å². The first kappa shape index (κ1) is 13.1. The van der Waals surface area contributed by atoms with E-state index in [1.807, 2.05) is 18.2 Å². The number of fused-ring (bicyclic) bond motifs is 1. The van der Waals surface area contributed by atoms with E-state index in [0.717, 1.165) is 23.4 Å². The van der Waals surface area contributed by atoms with E-state index in [4.69, 9.17) is 0 Å². The lowest BCUT2D eigenvalue weighted by atomic mass is 10.2. The van der Waals surface area contributed by atoms with Crippen LogP contribution in [0.25, 0.3) is 11.0 Å². The molecule has 0 spiro atoms. The molecule has 0 aliphatic rings. The van der Waals surface area contributed by atoms with Crippen molar-refractivity contribution >= 4 is 11.0 Å². The molecule has 0 aliphatic carbocycles. The van der Waals surface area contributed by atoms with Gasteiger partial charge in [0.2, 0.25) is 0 Å². The molecule has 2 aromatic rings. The van der Waals surface area contributed by atoms with Crippen LogP contribution in [-0.4, -0.2) is 16.5 Å². The lowest BCUT2D eigenvalue weighted by molar-refractivity contribution is 0.522. The van der Waals surface area contributed by atoms with Crippen molar-refractivity contribution in [1.29, 1.82) is 0 Å². The van der Waals surface area contributed by atoms with E-state index in [0.29, 0.717) is 6.04 Å². The summed E-state index contributed by atoms with van der Waals surface area (Å²) in [7, 11) is 0. The number of para-hydroxylation sites is 2. The Labute approximate surface area is 109 Å². The van der Waals surface area contributed by atoms with Gasteiger partial charge in [0.15, 0.2) is 0 Å². The van der Waals surface area contributed by atoms with Crippen LogP contribution >= 0.6 is 0 Å². The summed E-state index contributed by atoms with van der Waals surface area (Å²) >= 11 is 0. The molecule has 98 valence electrons. The SMILES string of the molecule is CCCCCCNC(C)c1nc2ccccc2[nH]1. The highest BCUT2D eigenvalue weighted by atomic mass is 15.0. The maximum absolute atomic E-state index is 4.61. The molecule has 1 unspecified atom stereocenters. The van der Waals surface area contributed by atoms with Gasteiger partial charge in [-0.15, -0.1) is 0 Å². The van der Waals surface area contributed by atoms with Gasteiger partial charge in [-0.1, -0.05) is 38.3 Å². The van der Waals surface area contributed by atoms with Gasteiger partial charge in [0.05, 0.1) is 17.1 Å². The van der Waals surface area contributed by atoms with Crippen LogP contribution in [0.3, 0.4) is 0 Å². The third-order valence-corrected chi connectivity index (χ3v) is 3.30. The highest BCUT2D eigenvalue weighted by Gasteiger charge is 2.09. The van der Waals surface area contributed by atoms with Crippen LogP contribution in [0.2, 0.25) is 0 Å². The number of hydrogen-bond donors (Lipinski definition) is 2. The number of benzene rings is 1. The molecule has 18 heavy (non-hydrogen) atoms. The van der Waals surface area contributed by atoms with Gasteiger partial charge in [-0.3, -0.25) is 0 Å². The van der Waals surface area contributed by atoms with Crippen LogP contribution in [0.5, 0.6) is 0 Å². The highest BCUT2D eigenvalue weighted by molar-refractivity contribution is 5.74. The molecule has 0 saturated heterocycles. The van der Waals surface area contributed by atoms with E-state index in [1.165, 1.54) is 25.7 Å². The standard InChI is InChI=1S/C15H23N3/c1-3-4-5-8-11-16-12(2)15-17-13-9-6-7-10-14(13)18-15/h6-7,9-10,12,16H,3-5,8,11H2,1-2H3,(H,17,18). The quantitative estimate of drug-likeness (QED) is 0.729. The lowest BCUT2D eigenvalue weighted by Crippen LogP contribution is -2.20. The second kappa shape index (κ2) is 6.55. The second-order valence-corrected chi connectivity index (χ2v) is 4.88. The number of H-pyrrole nitrogens is 1. The molecule has 1 atom stereocenters. The average molecular weight is 245 g/mol. The Hall–Kier alpha value is -1.35. The van der Waals surface area contributed by atoms with Crippen molar-refractivity contribution < 1.29 is 0 Å². The Morgan fingerprint density at radius 1 is 1.22 bits per heavy atom. The van der Waals surface area contributed by atoms with Crippen LogP contribution in [0.4, 0.5) is 0 Å². The van der Waals surface area contributed by atoms with Crippen molar-refractivity contribution in [1.82, 2.24) is 15.3 Å². The summed E-state index contributed by atoms with van der Waals surface area (Å²) < 4.78 is 0. The monoisotopic (exact) mass is 245 g/mol. The maximum Gasteiger partial charge on any atom is 0.124 e. The van der Waals surface area contributed by atoms with Crippen molar-refractivity contribution in [2.24, 2.45) is 0 Å². The van der Waals surface area contributed by atoms with Crippen LogP contribution in [-0.2, 0) is 0 Å². The summed E-state index contributed by atoms with van der Waals surface area (Å²) in [6.07, 6.45) is 5.19. The number of nitrogens with one attached hydrogen (secondary N) is 2. The van der Waals surface area contributed by atoms with E-state index in [1.54, 1.807) is 0 Å². The van der Waals surface area contributed by atoms with Gasteiger partial charge in [0, 0.05) is 0 Å². The van der Waals surface area contributed by atoms with Crippen LogP contribution in [0, 0.1) is 0 Å². The van der Waals surface area contributed by atoms with Crippen molar-refractivity contribution in [2.75, 3.05) is 6.54 Å². The van der Waals surface area contributed by atoms with Gasteiger partial charge in [0.1, 0.15) is 5.82 Å². The molecule has 0 fully saturated rings. The minimum atomic E-state index is 0.291. The summed E-state index contributed by atoms with van der Waals surface area (Å²) in [5.41, 5.74) is 2.17. The minimum Gasteiger partial charge on any atom is -0.341 e. The summed E-state index contributed by atoms with van der Waals surface area (Å²) in [6, 6.07) is 8.46. The fourth-order valence-corrected chi connectivity index (χ4v) is 2.14. The van der Waals surface area contributed by atoms with E-state index in [-0.39, 0.29) is 0 Å². The van der Waals surface area contributed by atoms with Crippen LogP contribution in [0.15, 0.2) is 24.3 Å². The summed E-state index contributed by atoms with van der Waals surface area (Å²) in [5, 5.41) is 3.53. The third-order valence-electron chi connectivity index (χ3n) is 3.30. The van der Waals surface area contributed by atoms with Crippen molar-refractivity contribution in [2.45, 2.75) is 45.6 Å². The Morgan fingerprint density at radius 3 is 2.83 bits per heavy atom. The maximum atomic E-state index is 4.61. The predicted octanol–water partition coefficient (Wildman–Crippen LogP) is 3.79. The number of hydrogen-bond acceptors (Lipinski definition) is 2. The Kier molecular flexibility index (Phi) is 4.76. The zero-order chi connectivity index (χ0) is 12.8. The summed E-state index contributed by atoms with van der Waals surface area (Å²) in [6.45, 7) is 5.47. The molecule has 1 aromatic heterocycles. The van der Waals surface area contributed by atoms with Crippen molar-refractivity contribution in [3.63, 3.8) is 0 Å². The molecule has 0 aliphatic heterocycles. The van der Waals surface area contributed by atoms with Gasteiger partial charge in [-0.25, -0.2) is 4.98 Å². The molecule has 3 nitrogen and oxygen atoms in total. The molecular formula is C15H23N3. The van der Waals surface area contributed by atoms with Gasteiger partial charge < -0.3 is 10.3 Å². The second-order valence-electron chi connectivity index (χ2n) is 4.88. The average Bonchev–Trinajstić information content (AvgIpc) is 2.82. The van der Waals surface area contributed by atoms with Gasteiger partial charge in [-0.2, -0.15) is 0 Å². The van der Waals surface area contributed by atoms with Crippen LogP contribution in [0.1, 0.15) is 51.4 Å². The number of rotatable bonds is 7. The fraction of sp³-hybridized carbons (Fsp3) is 0.533. The number of aromatic nitrogens is 2. The van der Waals surface area contributed by atoms with Gasteiger partial charge in [-0.05, 0) is 32.0 Å². The van der Waals surface area contributed by atoms with E-state index < -0.39 is 0 Å². The van der Waals surface area contributed by atoms with E-state index >= 15 is 0 Å². The number of nitrogens with zero attached hydrogens (tertiary/aromatic N) is 1. The predicted molar refractivity (Wildman–Crippen MR) is 76.7 cm³/mol. The number of unbranched alkanes of at least 4 members (excludes halogenated alkanes) is 3. The van der Waals surface area contributed by atoms with E-state index in [2.05, 4.69) is 35.2 Å². The fourth-order valence-electron chi connectivity index (χ4n) is 2.14. The third kappa shape index (κ3) is 3.33. The topological polar surface area (TPSA) is 40.7 Å². The van der Waals surface area contributed by atoms with E-state index in [9.17, 15) is 0 Å². The molecule has 1 aromatic carbocycles. The zero-order valence-electron chi connectivity index (χ0n) is 11.4. The molecule has 0 amide bonds. The number of imidazole rings is 1. The molecule has 0 bridgehead atoms. The molecule has 0 saturated carbocycles. The summed E-state index contributed by atoms with van der Waals surface area (Å²) in [5.74, 6) is 1.03. The smallest absolute Gasteiger partial charge is 0.124 e. The molecule has 2 rings (SSSR count). The Bertz CT molecular complexity index is 442. The number of aromatic amines is 1. The minimum absolute atomic E-state index is 0.291. The molecular weight excluding hydrogens is 222 g/mol.